The molecule has 0 radical (unpaired) electrons. The maximum absolute atomic E-state index is 13.0. The van der Waals surface area contributed by atoms with Crippen molar-refractivity contribution in [2.75, 3.05) is 11.9 Å². The van der Waals surface area contributed by atoms with Crippen LogP contribution in [-0.4, -0.2) is 24.0 Å². The summed E-state index contributed by atoms with van der Waals surface area (Å²) in [5.74, 6) is 1.22. The molecule has 1 N–H and O–H groups in total. The Labute approximate surface area is 130 Å². The van der Waals surface area contributed by atoms with Crippen molar-refractivity contribution < 1.29 is 9.21 Å². The zero-order valence-corrected chi connectivity index (χ0v) is 13.0. The van der Waals surface area contributed by atoms with E-state index in [2.05, 4.69) is 22.4 Å². The fourth-order valence-corrected chi connectivity index (χ4v) is 3.08. The van der Waals surface area contributed by atoms with Gasteiger partial charge in [0.15, 0.2) is 11.7 Å². The lowest BCUT2D eigenvalue weighted by Gasteiger charge is -2.30. The van der Waals surface area contributed by atoms with E-state index in [1.165, 1.54) is 0 Å². The van der Waals surface area contributed by atoms with Gasteiger partial charge in [0.25, 0.3) is 0 Å². The first kappa shape index (κ1) is 14.8. The van der Waals surface area contributed by atoms with Crippen LogP contribution in [0.4, 0.5) is 5.82 Å². The van der Waals surface area contributed by atoms with E-state index in [4.69, 9.17) is 4.42 Å². The van der Waals surface area contributed by atoms with E-state index in [1.54, 1.807) is 18.1 Å². The average Bonchev–Trinajstić information content (AvgIpc) is 2.89. The molecule has 5 nitrogen and oxygen atoms in total. The number of nitrogens with zero attached hydrogens (tertiary/aromatic N) is 2. The van der Waals surface area contributed by atoms with Crippen LogP contribution in [0.25, 0.3) is 0 Å². The third-order valence-electron chi connectivity index (χ3n) is 4.20. The van der Waals surface area contributed by atoms with Crippen LogP contribution in [-0.2, 0) is 4.79 Å². The summed E-state index contributed by atoms with van der Waals surface area (Å²) in [7, 11) is 1.83. The Morgan fingerprint density at radius 1 is 1.27 bits per heavy atom. The predicted octanol–water partition coefficient (Wildman–Crippen LogP) is 2.83. The highest BCUT2D eigenvalue weighted by Crippen LogP contribution is 2.34. The van der Waals surface area contributed by atoms with Crippen LogP contribution in [0.15, 0.2) is 41.0 Å². The van der Waals surface area contributed by atoms with Gasteiger partial charge in [0.05, 0.1) is 12.1 Å². The fraction of sp³-hybridized carbons (Fsp3) is 0.412. The maximum Gasteiger partial charge on any atom is 0.245 e. The van der Waals surface area contributed by atoms with Crippen molar-refractivity contribution in [2.24, 2.45) is 0 Å². The van der Waals surface area contributed by atoms with Gasteiger partial charge in [-0.2, -0.15) is 4.98 Å². The second-order valence-electron chi connectivity index (χ2n) is 5.63. The molecule has 1 amide bonds. The summed E-state index contributed by atoms with van der Waals surface area (Å²) in [6.07, 6.45) is 4.32. The molecule has 2 unspecified atom stereocenters. The van der Waals surface area contributed by atoms with E-state index in [9.17, 15) is 4.79 Å². The highest BCUT2D eigenvalue weighted by molar-refractivity contribution is 5.97. The lowest BCUT2D eigenvalue weighted by atomic mass is 10.0. The molecule has 2 aromatic rings. The van der Waals surface area contributed by atoms with Crippen molar-refractivity contribution in [1.82, 2.24) is 10.3 Å². The van der Waals surface area contributed by atoms with Gasteiger partial charge in [-0.25, -0.2) is 0 Å². The molecule has 116 valence electrons. The molecule has 1 saturated heterocycles. The molecule has 22 heavy (non-hydrogen) atoms. The van der Waals surface area contributed by atoms with Gasteiger partial charge in [0.1, 0.15) is 6.26 Å². The number of hydrogen-bond acceptors (Lipinski definition) is 4. The number of rotatable bonds is 3. The minimum atomic E-state index is -0.175. The van der Waals surface area contributed by atoms with Gasteiger partial charge in [-0.3, -0.25) is 9.69 Å². The molecule has 0 spiro atoms. The van der Waals surface area contributed by atoms with Crippen LogP contribution >= 0.6 is 0 Å². The van der Waals surface area contributed by atoms with Gasteiger partial charge in [-0.1, -0.05) is 30.3 Å². The van der Waals surface area contributed by atoms with E-state index in [0.29, 0.717) is 11.7 Å². The molecular formula is C17H21N3O2. The number of hydrogen-bond donors (Lipinski definition) is 1. The second kappa shape index (κ2) is 6.32. The van der Waals surface area contributed by atoms with Crippen LogP contribution < -0.4 is 10.2 Å². The number of likely N-dealkylation sites (N-methyl/N-ethyl adjacent to an activating group) is 1. The van der Waals surface area contributed by atoms with Crippen molar-refractivity contribution >= 4 is 11.7 Å². The Kier molecular flexibility index (Phi) is 4.24. The molecule has 1 aromatic heterocycles. The largest absolute Gasteiger partial charge is 0.447 e. The van der Waals surface area contributed by atoms with Crippen LogP contribution in [0, 0.1) is 6.92 Å². The molecule has 1 aliphatic heterocycles. The van der Waals surface area contributed by atoms with Crippen molar-refractivity contribution in [3.63, 3.8) is 0 Å². The van der Waals surface area contributed by atoms with Crippen LogP contribution in [0.1, 0.15) is 36.8 Å². The average molecular weight is 299 g/mol. The molecular weight excluding hydrogens is 278 g/mol. The van der Waals surface area contributed by atoms with E-state index in [0.717, 1.165) is 24.8 Å². The molecule has 3 rings (SSSR count). The highest BCUT2D eigenvalue weighted by atomic mass is 16.3. The summed E-state index contributed by atoms with van der Waals surface area (Å²) >= 11 is 0. The molecule has 5 heteroatoms. The van der Waals surface area contributed by atoms with Crippen LogP contribution in [0.3, 0.4) is 0 Å². The Morgan fingerprint density at radius 2 is 2.05 bits per heavy atom. The topological polar surface area (TPSA) is 58.4 Å². The van der Waals surface area contributed by atoms with E-state index < -0.39 is 0 Å². The standard InChI is InChI=1S/C17H21N3O2/c1-12-19-16(11-22-12)20-15(13-7-4-3-5-8-13)10-6-9-14(18-2)17(20)21/h3-5,7-8,11,14-15,18H,6,9-10H2,1-2H3. The van der Waals surface area contributed by atoms with Gasteiger partial charge in [-0.15, -0.1) is 0 Å². The van der Waals surface area contributed by atoms with Gasteiger partial charge < -0.3 is 9.73 Å². The predicted molar refractivity (Wildman–Crippen MR) is 84.6 cm³/mol. The molecule has 1 aromatic carbocycles. The summed E-state index contributed by atoms with van der Waals surface area (Å²) in [4.78, 5) is 19.1. The molecule has 1 aliphatic rings. The summed E-state index contributed by atoms with van der Waals surface area (Å²) in [6, 6.07) is 9.96. The number of oxazole rings is 1. The summed E-state index contributed by atoms with van der Waals surface area (Å²) in [5, 5.41) is 3.12. The molecule has 2 atom stereocenters. The highest BCUT2D eigenvalue weighted by Gasteiger charge is 2.35. The first-order valence-corrected chi connectivity index (χ1v) is 7.68. The number of amides is 1. The summed E-state index contributed by atoms with van der Waals surface area (Å²) in [5.41, 5.74) is 1.13. The zero-order chi connectivity index (χ0) is 15.5. The minimum Gasteiger partial charge on any atom is -0.447 e. The summed E-state index contributed by atoms with van der Waals surface area (Å²) < 4.78 is 5.33. The number of benzene rings is 1. The molecule has 0 saturated carbocycles. The Bertz CT molecular complexity index is 638. The lowest BCUT2D eigenvalue weighted by Crippen LogP contribution is -2.45. The lowest BCUT2D eigenvalue weighted by molar-refractivity contribution is -0.120. The Hall–Kier alpha value is -2.14. The monoisotopic (exact) mass is 299 g/mol. The first-order chi connectivity index (χ1) is 10.7. The van der Waals surface area contributed by atoms with Crippen molar-refractivity contribution in [1.29, 1.82) is 0 Å². The number of anilines is 1. The van der Waals surface area contributed by atoms with E-state index in [-0.39, 0.29) is 18.0 Å². The normalized spacial score (nSPS) is 22.6. The Morgan fingerprint density at radius 3 is 2.68 bits per heavy atom. The third kappa shape index (κ3) is 2.76. The third-order valence-corrected chi connectivity index (χ3v) is 4.20. The Balaban J connectivity index is 2.03. The number of nitrogens with one attached hydrogen (secondary N) is 1. The number of carbonyl (C=O) groups is 1. The van der Waals surface area contributed by atoms with Crippen LogP contribution in [0.5, 0.6) is 0 Å². The maximum atomic E-state index is 13.0. The van der Waals surface area contributed by atoms with Gasteiger partial charge in [-0.05, 0) is 31.9 Å². The number of aryl methyl sites for hydroxylation is 1. The van der Waals surface area contributed by atoms with Crippen molar-refractivity contribution in [3.05, 3.63) is 48.0 Å². The summed E-state index contributed by atoms with van der Waals surface area (Å²) in [6.45, 7) is 1.79. The second-order valence-corrected chi connectivity index (χ2v) is 5.63. The van der Waals surface area contributed by atoms with E-state index >= 15 is 0 Å². The van der Waals surface area contributed by atoms with Crippen molar-refractivity contribution in [2.45, 2.75) is 38.3 Å². The SMILES string of the molecule is CNC1CCCC(c2ccccc2)N(c2coc(C)n2)C1=O. The molecule has 0 bridgehead atoms. The van der Waals surface area contributed by atoms with Crippen LogP contribution in [0.2, 0.25) is 0 Å². The smallest absolute Gasteiger partial charge is 0.245 e. The van der Waals surface area contributed by atoms with Crippen molar-refractivity contribution in [3.8, 4) is 0 Å². The number of aromatic nitrogens is 1. The minimum absolute atomic E-state index is 0.00319. The first-order valence-electron chi connectivity index (χ1n) is 7.68. The molecule has 2 heterocycles. The number of carbonyl (C=O) groups excluding carboxylic acids is 1. The zero-order valence-electron chi connectivity index (χ0n) is 13.0. The van der Waals surface area contributed by atoms with E-state index in [1.807, 2.05) is 25.2 Å². The van der Waals surface area contributed by atoms with Gasteiger partial charge in [0, 0.05) is 6.92 Å². The molecule has 0 aliphatic carbocycles. The quantitative estimate of drug-likeness (QED) is 0.947. The van der Waals surface area contributed by atoms with Gasteiger partial charge >= 0.3 is 0 Å². The molecule has 1 fully saturated rings. The van der Waals surface area contributed by atoms with Gasteiger partial charge in [0.2, 0.25) is 5.91 Å². The fourth-order valence-electron chi connectivity index (χ4n) is 3.08.